The number of benzene rings is 8. The lowest BCUT2D eigenvalue weighted by Crippen LogP contribution is -2.61. The molecular formula is C62H51BN2S. The van der Waals surface area contributed by atoms with Gasteiger partial charge >= 0.3 is 6.85 Å². The van der Waals surface area contributed by atoms with E-state index in [1.165, 1.54) is 150 Å². The topological polar surface area (TPSA) is 8.17 Å². The molecule has 0 fully saturated rings. The molecule has 0 spiro atoms. The summed E-state index contributed by atoms with van der Waals surface area (Å²) in [5.41, 5.74) is 27.8. The summed E-state index contributed by atoms with van der Waals surface area (Å²) in [6.45, 7) is 16.8. The maximum Gasteiger partial charge on any atom is 0.333 e. The zero-order chi connectivity index (χ0) is 44.3. The van der Waals surface area contributed by atoms with Crippen molar-refractivity contribution in [2.75, 3.05) is 4.81 Å². The second-order valence-corrected chi connectivity index (χ2v) is 23.4. The third kappa shape index (κ3) is 4.55. The van der Waals surface area contributed by atoms with Crippen molar-refractivity contribution in [2.45, 2.75) is 90.4 Å². The first-order valence-corrected chi connectivity index (χ1v) is 25.2. The van der Waals surface area contributed by atoms with Crippen LogP contribution in [0.3, 0.4) is 0 Å². The fourth-order valence-electron chi connectivity index (χ4n) is 13.9. The molecule has 0 radical (unpaired) electrons. The van der Waals surface area contributed by atoms with E-state index in [1.807, 2.05) is 11.3 Å². The van der Waals surface area contributed by atoms with Gasteiger partial charge in [0.25, 0.3) is 0 Å². The van der Waals surface area contributed by atoms with E-state index in [4.69, 9.17) is 0 Å². The number of rotatable bonds is 1. The van der Waals surface area contributed by atoms with Crippen LogP contribution in [0.25, 0.3) is 81.0 Å². The summed E-state index contributed by atoms with van der Waals surface area (Å²) in [4.78, 5) is 2.78. The number of aryl methyl sites for hydroxylation is 2. The molecule has 2 nitrogen and oxygen atoms in total. The molecule has 0 bridgehead atoms. The number of thiophene rings is 1. The highest BCUT2D eigenvalue weighted by molar-refractivity contribution is 7.25. The fourth-order valence-corrected chi connectivity index (χ4v) is 15.0. The van der Waals surface area contributed by atoms with E-state index in [0.29, 0.717) is 0 Å². The van der Waals surface area contributed by atoms with Crippen molar-refractivity contribution in [3.05, 3.63) is 172 Å². The van der Waals surface area contributed by atoms with E-state index in [0.717, 1.165) is 12.8 Å². The summed E-state index contributed by atoms with van der Waals surface area (Å²) < 4.78 is 5.47. The van der Waals surface area contributed by atoms with Gasteiger partial charge in [-0.05, 0) is 157 Å². The molecule has 2 aromatic heterocycles. The molecule has 0 saturated heterocycles. The number of fused-ring (bicyclic) bond motifs is 20. The van der Waals surface area contributed by atoms with Gasteiger partial charge in [0.2, 0.25) is 0 Å². The Balaban J connectivity index is 1.19. The summed E-state index contributed by atoms with van der Waals surface area (Å²) in [6.07, 6.45) is 4.83. The van der Waals surface area contributed by atoms with E-state index in [-0.39, 0.29) is 23.1 Å². The minimum atomic E-state index is -0.216. The zero-order valence-electron chi connectivity index (χ0n) is 38.9. The number of anilines is 2. The van der Waals surface area contributed by atoms with Crippen LogP contribution in [0.1, 0.15) is 100 Å². The summed E-state index contributed by atoms with van der Waals surface area (Å²) in [6, 6.07) is 53.1. The molecule has 8 aromatic carbocycles. The summed E-state index contributed by atoms with van der Waals surface area (Å²) in [5, 5.41) is 5.57. The van der Waals surface area contributed by atoms with Gasteiger partial charge in [0, 0.05) is 64.4 Å². The Morgan fingerprint density at radius 1 is 0.561 bits per heavy atom. The number of hydrogen-bond donors (Lipinski definition) is 0. The number of hydrogen-bond acceptors (Lipinski definition) is 2. The molecule has 0 N–H and O–H groups in total. The van der Waals surface area contributed by atoms with Crippen molar-refractivity contribution >= 4 is 82.5 Å². The van der Waals surface area contributed by atoms with Crippen molar-refractivity contribution in [1.29, 1.82) is 0 Å². The van der Waals surface area contributed by atoms with Gasteiger partial charge in [-0.1, -0.05) is 133 Å². The van der Waals surface area contributed by atoms with E-state index in [2.05, 4.69) is 191 Å². The first-order chi connectivity index (χ1) is 31.9. The van der Waals surface area contributed by atoms with Gasteiger partial charge in [0.1, 0.15) is 0 Å². The minimum absolute atomic E-state index is 0.0414. The molecule has 3 aliphatic carbocycles. The highest BCUT2D eigenvalue weighted by atomic mass is 32.1. The quantitative estimate of drug-likeness (QED) is 0.149. The van der Waals surface area contributed by atoms with Gasteiger partial charge < -0.3 is 9.38 Å². The number of nitrogens with zero attached hydrogens (tertiary/aromatic N) is 2. The molecule has 4 heteroatoms. The molecule has 4 heterocycles. The van der Waals surface area contributed by atoms with Crippen molar-refractivity contribution in [3.63, 3.8) is 0 Å². The van der Waals surface area contributed by atoms with Gasteiger partial charge in [-0.2, -0.15) is 0 Å². The molecule has 0 atom stereocenters. The normalized spacial score (nSPS) is 16.7. The largest absolute Gasteiger partial charge is 0.376 e. The van der Waals surface area contributed by atoms with Gasteiger partial charge in [0.05, 0.1) is 11.0 Å². The van der Waals surface area contributed by atoms with E-state index in [9.17, 15) is 0 Å². The van der Waals surface area contributed by atoms with E-state index >= 15 is 0 Å². The van der Waals surface area contributed by atoms with E-state index in [1.54, 1.807) is 5.56 Å². The Morgan fingerprint density at radius 3 is 2.03 bits per heavy atom. The van der Waals surface area contributed by atoms with Crippen molar-refractivity contribution < 1.29 is 0 Å². The highest BCUT2D eigenvalue weighted by Gasteiger charge is 2.51. The first kappa shape index (κ1) is 37.8. The molecule has 10 aromatic rings. The van der Waals surface area contributed by atoms with Crippen LogP contribution < -0.4 is 15.7 Å². The molecule has 2 aliphatic heterocycles. The Kier molecular flexibility index (Phi) is 7.07. The fraction of sp³-hybridized carbons (Fsp3) is 0.226. The third-order valence-corrected chi connectivity index (χ3v) is 18.2. The molecular weight excluding hydrogens is 816 g/mol. The van der Waals surface area contributed by atoms with Crippen LogP contribution in [-0.2, 0) is 29.1 Å². The average molecular weight is 867 g/mol. The highest BCUT2D eigenvalue weighted by Crippen LogP contribution is 2.60. The Bertz CT molecular complexity index is 3870. The molecule has 318 valence electrons. The molecule has 0 unspecified atom stereocenters. The molecule has 5 aliphatic rings. The van der Waals surface area contributed by atoms with Gasteiger partial charge in [-0.25, -0.2) is 0 Å². The van der Waals surface area contributed by atoms with E-state index < -0.39 is 0 Å². The maximum absolute atomic E-state index is 2.78. The first-order valence-electron chi connectivity index (χ1n) is 24.3. The monoisotopic (exact) mass is 866 g/mol. The summed E-state index contributed by atoms with van der Waals surface area (Å²) >= 11 is 1.93. The van der Waals surface area contributed by atoms with Gasteiger partial charge in [-0.3, -0.25) is 0 Å². The Hall–Kier alpha value is -6.36. The van der Waals surface area contributed by atoms with Crippen LogP contribution in [0.4, 0.5) is 11.4 Å². The number of aromatic nitrogens is 1. The second kappa shape index (κ2) is 12.3. The standard InChI is InChI=1S/C62H51BN2S/c1-60(2,3)36-24-26-37(27-25-36)65-50-33-53-42(39-19-12-15-23-52(39)66-53)30-44(50)55-54-40-20-11-14-22-46(40)62(6,7)57(54)56-43-28-34-16-8-9-17-35(34)29-49(43)64-51-31-41-38-18-10-13-21-45(38)61(4,5)47(41)32-48(51)63(65)58(55)59(56)64/h10-15,18-33H,8-9,16-17H2,1-7H3. The van der Waals surface area contributed by atoms with Crippen LogP contribution in [0, 0.1) is 0 Å². The smallest absolute Gasteiger partial charge is 0.333 e. The lowest BCUT2D eigenvalue weighted by Gasteiger charge is -2.43. The Morgan fingerprint density at radius 2 is 1.26 bits per heavy atom. The van der Waals surface area contributed by atoms with Gasteiger partial charge in [0.15, 0.2) is 0 Å². The van der Waals surface area contributed by atoms with Crippen LogP contribution in [0.15, 0.2) is 133 Å². The van der Waals surface area contributed by atoms with Gasteiger partial charge in [-0.15, -0.1) is 11.3 Å². The Labute approximate surface area is 391 Å². The summed E-state index contributed by atoms with van der Waals surface area (Å²) in [7, 11) is 0. The average Bonchev–Trinajstić information content (AvgIpc) is 3.99. The maximum atomic E-state index is 2.78. The predicted molar refractivity (Wildman–Crippen MR) is 283 cm³/mol. The third-order valence-electron chi connectivity index (χ3n) is 17.0. The minimum Gasteiger partial charge on any atom is -0.376 e. The molecule has 15 rings (SSSR count). The van der Waals surface area contributed by atoms with Crippen LogP contribution in [-0.4, -0.2) is 11.4 Å². The van der Waals surface area contributed by atoms with Crippen molar-refractivity contribution in [2.24, 2.45) is 0 Å². The lowest BCUT2D eigenvalue weighted by molar-refractivity contribution is 0.590. The van der Waals surface area contributed by atoms with Crippen molar-refractivity contribution in [1.82, 2.24) is 4.57 Å². The molecule has 66 heavy (non-hydrogen) atoms. The lowest BCUT2D eigenvalue weighted by atomic mass is 9.43. The zero-order valence-corrected chi connectivity index (χ0v) is 39.7. The SMILES string of the molecule is CC(C)(C)c1ccc(N2B3c4cc5c(cc4-n4c6cc7c(cc6c6c8c(c(c3c64)-c3cc4c(cc32)sc2ccccc24)-c2ccccc2C8(C)C)CCCC7)-c2ccccc2C5(C)C)cc1. The molecule has 0 saturated carbocycles. The summed E-state index contributed by atoms with van der Waals surface area (Å²) in [5.74, 6) is 0. The second-order valence-electron chi connectivity index (χ2n) is 22.3. The van der Waals surface area contributed by atoms with Crippen LogP contribution >= 0.6 is 11.3 Å². The predicted octanol–water partition coefficient (Wildman–Crippen LogP) is 15.2. The van der Waals surface area contributed by atoms with Crippen molar-refractivity contribution in [3.8, 4) is 39.1 Å². The van der Waals surface area contributed by atoms with Crippen LogP contribution in [0.5, 0.6) is 0 Å². The molecule has 0 amide bonds. The van der Waals surface area contributed by atoms with Crippen LogP contribution in [0.2, 0.25) is 0 Å².